The summed E-state index contributed by atoms with van der Waals surface area (Å²) in [5, 5.41) is 11.5. The van der Waals surface area contributed by atoms with Gasteiger partial charge in [0.05, 0.1) is 5.56 Å². The molecule has 0 spiro atoms. The standard InChI is InChI=1S/C18H11ClO3/c19-14-7-5-11(6-8-14)17(20)15-9-12-3-1-2-4-13(12)10-16(15)18(21)22/h1-10H,(H,21,22). The summed E-state index contributed by atoms with van der Waals surface area (Å²) in [5.74, 6) is -1.46. The lowest BCUT2D eigenvalue weighted by Gasteiger charge is -2.08. The third-order valence-corrected chi connectivity index (χ3v) is 3.72. The van der Waals surface area contributed by atoms with E-state index in [4.69, 9.17) is 11.6 Å². The zero-order valence-corrected chi connectivity index (χ0v) is 12.2. The number of benzene rings is 3. The average Bonchev–Trinajstić information content (AvgIpc) is 2.53. The highest BCUT2D eigenvalue weighted by molar-refractivity contribution is 6.30. The number of carbonyl (C=O) groups is 2. The molecule has 0 saturated carbocycles. The predicted octanol–water partition coefficient (Wildman–Crippen LogP) is 4.42. The molecule has 0 aliphatic heterocycles. The Kier molecular flexibility index (Phi) is 3.65. The van der Waals surface area contributed by atoms with Crippen molar-refractivity contribution < 1.29 is 14.7 Å². The van der Waals surface area contributed by atoms with Crippen LogP contribution < -0.4 is 0 Å². The maximum atomic E-state index is 12.6. The Morgan fingerprint density at radius 1 is 0.818 bits per heavy atom. The van der Waals surface area contributed by atoms with Gasteiger partial charge in [-0.25, -0.2) is 4.79 Å². The highest BCUT2D eigenvalue weighted by Crippen LogP contribution is 2.23. The van der Waals surface area contributed by atoms with Crippen molar-refractivity contribution in [2.24, 2.45) is 0 Å². The normalized spacial score (nSPS) is 10.6. The van der Waals surface area contributed by atoms with E-state index >= 15 is 0 Å². The summed E-state index contributed by atoms with van der Waals surface area (Å²) in [5.41, 5.74) is 0.578. The molecule has 0 heterocycles. The molecule has 108 valence electrons. The SMILES string of the molecule is O=C(O)c1cc2ccccc2cc1C(=O)c1ccc(Cl)cc1. The van der Waals surface area contributed by atoms with Gasteiger partial charge in [-0.2, -0.15) is 0 Å². The Bertz CT molecular complexity index is 882. The number of hydrogen-bond acceptors (Lipinski definition) is 2. The van der Waals surface area contributed by atoms with Crippen molar-refractivity contribution >= 4 is 34.1 Å². The Hall–Kier alpha value is -2.65. The molecule has 3 aromatic carbocycles. The molecule has 0 saturated heterocycles. The molecule has 0 bridgehead atoms. The lowest BCUT2D eigenvalue weighted by Crippen LogP contribution is -2.09. The first-order valence-electron chi connectivity index (χ1n) is 6.62. The second-order valence-electron chi connectivity index (χ2n) is 4.89. The van der Waals surface area contributed by atoms with Crippen LogP contribution in [0.4, 0.5) is 0 Å². The summed E-state index contributed by atoms with van der Waals surface area (Å²) in [6.07, 6.45) is 0. The van der Waals surface area contributed by atoms with E-state index in [0.717, 1.165) is 10.8 Å². The van der Waals surface area contributed by atoms with Gasteiger partial charge in [-0.3, -0.25) is 4.79 Å². The molecule has 3 nitrogen and oxygen atoms in total. The molecule has 0 aliphatic rings. The number of ketones is 1. The number of hydrogen-bond donors (Lipinski definition) is 1. The maximum Gasteiger partial charge on any atom is 0.336 e. The van der Waals surface area contributed by atoms with Crippen LogP contribution in [0, 0.1) is 0 Å². The molecule has 0 amide bonds. The van der Waals surface area contributed by atoms with Crippen LogP contribution in [-0.2, 0) is 0 Å². The first kappa shape index (κ1) is 14.3. The van der Waals surface area contributed by atoms with E-state index in [-0.39, 0.29) is 16.9 Å². The van der Waals surface area contributed by atoms with Crippen molar-refractivity contribution in [2.75, 3.05) is 0 Å². The van der Waals surface area contributed by atoms with Crippen molar-refractivity contribution in [1.29, 1.82) is 0 Å². The van der Waals surface area contributed by atoms with Gasteiger partial charge >= 0.3 is 5.97 Å². The number of carbonyl (C=O) groups excluding carboxylic acids is 1. The first-order valence-corrected chi connectivity index (χ1v) is 7.00. The molecule has 0 radical (unpaired) electrons. The molecule has 1 N–H and O–H groups in total. The average molecular weight is 311 g/mol. The van der Waals surface area contributed by atoms with Crippen LogP contribution in [0.15, 0.2) is 60.7 Å². The van der Waals surface area contributed by atoms with Crippen molar-refractivity contribution in [3.05, 3.63) is 82.4 Å². The lowest BCUT2D eigenvalue weighted by atomic mass is 9.95. The van der Waals surface area contributed by atoms with E-state index in [2.05, 4.69) is 0 Å². The fraction of sp³-hybridized carbons (Fsp3) is 0. The molecule has 3 aromatic rings. The summed E-state index contributed by atoms with van der Waals surface area (Å²) in [4.78, 5) is 24.1. The summed E-state index contributed by atoms with van der Waals surface area (Å²) in [6, 6.07) is 16.9. The zero-order valence-electron chi connectivity index (χ0n) is 11.4. The summed E-state index contributed by atoms with van der Waals surface area (Å²) >= 11 is 5.82. The zero-order chi connectivity index (χ0) is 15.7. The molecule has 0 atom stereocenters. The van der Waals surface area contributed by atoms with Gasteiger partial charge in [-0.15, -0.1) is 0 Å². The third-order valence-electron chi connectivity index (χ3n) is 3.47. The van der Waals surface area contributed by atoms with Crippen LogP contribution in [0.5, 0.6) is 0 Å². The molecular formula is C18H11ClO3. The second-order valence-corrected chi connectivity index (χ2v) is 5.32. The van der Waals surface area contributed by atoms with Gasteiger partial charge in [-0.1, -0.05) is 35.9 Å². The van der Waals surface area contributed by atoms with Gasteiger partial charge in [0.15, 0.2) is 5.78 Å². The fourth-order valence-corrected chi connectivity index (χ4v) is 2.49. The number of halogens is 1. The minimum absolute atomic E-state index is 0.00125. The topological polar surface area (TPSA) is 54.4 Å². The smallest absolute Gasteiger partial charge is 0.336 e. The lowest BCUT2D eigenvalue weighted by molar-refractivity contribution is 0.0693. The van der Waals surface area contributed by atoms with Crippen molar-refractivity contribution in [1.82, 2.24) is 0 Å². The van der Waals surface area contributed by atoms with E-state index in [9.17, 15) is 14.7 Å². The van der Waals surface area contributed by atoms with E-state index in [1.54, 1.807) is 30.3 Å². The maximum absolute atomic E-state index is 12.6. The Labute approximate surface area is 131 Å². The van der Waals surface area contributed by atoms with Gasteiger partial charge in [0.1, 0.15) is 0 Å². The molecule has 4 heteroatoms. The van der Waals surface area contributed by atoms with Crippen molar-refractivity contribution in [3.8, 4) is 0 Å². The van der Waals surface area contributed by atoms with Gasteiger partial charge in [0.2, 0.25) is 0 Å². The van der Waals surface area contributed by atoms with E-state index in [0.29, 0.717) is 10.6 Å². The molecule has 0 aromatic heterocycles. The third kappa shape index (κ3) is 2.59. The number of rotatable bonds is 3. The molecule has 0 aliphatic carbocycles. The van der Waals surface area contributed by atoms with E-state index in [1.165, 1.54) is 6.07 Å². The van der Waals surface area contributed by atoms with Crippen LogP contribution in [0.1, 0.15) is 26.3 Å². The van der Waals surface area contributed by atoms with Crippen LogP contribution >= 0.6 is 11.6 Å². The Morgan fingerprint density at radius 3 is 1.91 bits per heavy atom. The van der Waals surface area contributed by atoms with Crippen LogP contribution in [0.2, 0.25) is 5.02 Å². The van der Waals surface area contributed by atoms with Gasteiger partial charge in [-0.05, 0) is 47.2 Å². The largest absolute Gasteiger partial charge is 0.478 e. The predicted molar refractivity (Wildman–Crippen MR) is 85.8 cm³/mol. The van der Waals surface area contributed by atoms with E-state index in [1.807, 2.05) is 24.3 Å². The van der Waals surface area contributed by atoms with Crippen LogP contribution in [0.25, 0.3) is 10.8 Å². The molecule has 3 rings (SSSR count). The summed E-state index contributed by atoms with van der Waals surface area (Å²) < 4.78 is 0. The van der Waals surface area contributed by atoms with Gasteiger partial charge < -0.3 is 5.11 Å². The Balaban J connectivity index is 2.19. The van der Waals surface area contributed by atoms with Gasteiger partial charge in [0, 0.05) is 16.1 Å². The quantitative estimate of drug-likeness (QED) is 0.728. The molecule has 0 unspecified atom stereocenters. The second kappa shape index (κ2) is 5.62. The highest BCUT2D eigenvalue weighted by atomic mass is 35.5. The summed E-state index contributed by atoms with van der Waals surface area (Å²) in [7, 11) is 0. The number of carboxylic acids is 1. The molecule has 0 fully saturated rings. The fourth-order valence-electron chi connectivity index (χ4n) is 2.36. The molecular weight excluding hydrogens is 300 g/mol. The highest BCUT2D eigenvalue weighted by Gasteiger charge is 2.19. The first-order chi connectivity index (χ1) is 10.6. The minimum Gasteiger partial charge on any atom is -0.478 e. The molecule has 22 heavy (non-hydrogen) atoms. The van der Waals surface area contributed by atoms with Gasteiger partial charge in [0.25, 0.3) is 0 Å². The number of fused-ring (bicyclic) bond motifs is 1. The van der Waals surface area contributed by atoms with Crippen molar-refractivity contribution in [2.45, 2.75) is 0 Å². The van der Waals surface area contributed by atoms with E-state index < -0.39 is 5.97 Å². The van der Waals surface area contributed by atoms with Crippen LogP contribution in [0.3, 0.4) is 0 Å². The summed E-state index contributed by atoms with van der Waals surface area (Å²) in [6.45, 7) is 0. The Morgan fingerprint density at radius 2 is 1.36 bits per heavy atom. The van der Waals surface area contributed by atoms with Crippen LogP contribution in [-0.4, -0.2) is 16.9 Å². The van der Waals surface area contributed by atoms with Crippen molar-refractivity contribution in [3.63, 3.8) is 0 Å². The number of aromatic carboxylic acids is 1. The number of carboxylic acid groups (broad SMARTS) is 1. The monoisotopic (exact) mass is 310 g/mol. The minimum atomic E-state index is -1.12.